The first kappa shape index (κ1) is 15.3. The van der Waals surface area contributed by atoms with Gasteiger partial charge in [-0.1, -0.05) is 32.0 Å². The van der Waals surface area contributed by atoms with E-state index in [2.05, 4.69) is 55.3 Å². The van der Waals surface area contributed by atoms with E-state index >= 15 is 0 Å². The molecule has 3 nitrogen and oxygen atoms in total. The summed E-state index contributed by atoms with van der Waals surface area (Å²) in [5.74, 6) is 0.720. The normalized spacial score (nSPS) is 19.0. The van der Waals surface area contributed by atoms with Gasteiger partial charge in [0.2, 0.25) is 0 Å². The van der Waals surface area contributed by atoms with Crippen molar-refractivity contribution in [2.45, 2.75) is 39.8 Å². The van der Waals surface area contributed by atoms with E-state index in [9.17, 15) is 0 Å². The third-order valence-corrected chi connectivity index (χ3v) is 3.81. The molecule has 1 unspecified atom stereocenters. The Kier molecular flexibility index (Phi) is 5.86. The lowest BCUT2D eigenvalue weighted by Gasteiger charge is -2.26. The number of rotatable bonds is 6. The number of ether oxygens (including phenoxy) is 1. The van der Waals surface area contributed by atoms with E-state index in [0.717, 1.165) is 45.2 Å². The smallest absolute Gasteiger partial charge is 0.0641 e. The standard InChI is InChI=1S/C17H28N2O/c1-14(2)8-10-20-11-9-19-13-15(3)18-12-16-6-4-5-7-17(16)19/h4-7,14-15,18H,8-13H2,1-3H3. The Bertz CT molecular complexity index is 406. The van der Waals surface area contributed by atoms with Crippen LogP contribution in [-0.4, -0.2) is 32.3 Å². The second kappa shape index (κ2) is 7.65. The second-order valence-corrected chi connectivity index (χ2v) is 6.15. The highest BCUT2D eigenvalue weighted by Crippen LogP contribution is 2.22. The zero-order valence-corrected chi connectivity index (χ0v) is 13.1. The molecule has 0 aliphatic carbocycles. The fraction of sp³-hybridized carbons (Fsp3) is 0.647. The average molecular weight is 276 g/mol. The third-order valence-electron chi connectivity index (χ3n) is 3.81. The van der Waals surface area contributed by atoms with E-state index in [-0.39, 0.29) is 0 Å². The minimum absolute atomic E-state index is 0.512. The number of hydrogen-bond acceptors (Lipinski definition) is 3. The fourth-order valence-electron chi connectivity index (χ4n) is 2.55. The van der Waals surface area contributed by atoms with Crippen LogP contribution in [0.1, 0.15) is 32.8 Å². The molecule has 1 aromatic rings. The van der Waals surface area contributed by atoms with Crippen LogP contribution in [0.5, 0.6) is 0 Å². The zero-order valence-electron chi connectivity index (χ0n) is 13.1. The van der Waals surface area contributed by atoms with Crippen LogP contribution < -0.4 is 10.2 Å². The molecule has 1 atom stereocenters. The lowest BCUT2D eigenvalue weighted by Crippen LogP contribution is -2.37. The highest BCUT2D eigenvalue weighted by Gasteiger charge is 2.18. The molecular formula is C17H28N2O. The van der Waals surface area contributed by atoms with E-state index in [4.69, 9.17) is 4.74 Å². The maximum Gasteiger partial charge on any atom is 0.0641 e. The molecular weight excluding hydrogens is 248 g/mol. The predicted octanol–water partition coefficient (Wildman–Crippen LogP) is 3.05. The first-order valence-corrected chi connectivity index (χ1v) is 7.81. The van der Waals surface area contributed by atoms with Gasteiger partial charge in [0.05, 0.1) is 6.61 Å². The summed E-state index contributed by atoms with van der Waals surface area (Å²) in [6.45, 7) is 11.4. The summed E-state index contributed by atoms with van der Waals surface area (Å²) < 4.78 is 5.78. The molecule has 3 heteroatoms. The molecule has 112 valence electrons. The van der Waals surface area contributed by atoms with Crippen molar-refractivity contribution in [2.75, 3.05) is 31.2 Å². The zero-order chi connectivity index (χ0) is 14.4. The van der Waals surface area contributed by atoms with Crippen molar-refractivity contribution >= 4 is 5.69 Å². The topological polar surface area (TPSA) is 24.5 Å². The average Bonchev–Trinajstić information content (AvgIpc) is 2.58. The molecule has 20 heavy (non-hydrogen) atoms. The number of para-hydroxylation sites is 1. The molecule has 0 spiro atoms. The summed E-state index contributed by atoms with van der Waals surface area (Å²) >= 11 is 0. The van der Waals surface area contributed by atoms with Gasteiger partial charge >= 0.3 is 0 Å². The first-order chi connectivity index (χ1) is 9.66. The summed E-state index contributed by atoms with van der Waals surface area (Å²) in [5.41, 5.74) is 2.75. The Labute approximate surface area is 123 Å². The molecule has 0 saturated heterocycles. The lowest BCUT2D eigenvalue weighted by molar-refractivity contribution is 0.129. The van der Waals surface area contributed by atoms with Crippen LogP contribution in [0.25, 0.3) is 0 Å². The van der Waals surface area contributed by atoms with Gasteiger partial charge in [0.15, 0.2) is 0 Å². The molecule has 1 aromatic carbocycles. The molecule has 2 rings (SSSR count). The van der Waals surface area contributed by atoms with Crippen LogP contribution in [0.4, 0.5) is 5.69 Å². The van der Waals surface area contributed by atoms with Gasteiger partial charge in [-0.3, -0.25) is 0 Å². The Morgan fingerprint density at radius 3 is 2.90 bits per heavy atom. The van der Waals surface area contributed by atoms with E-state index in [1.54, 1.807) is 0 Å². The van der Waals surface area contributed by atoms with Crippen LogP contribution in [-0.2, 0) is 11.3 Å². The summed E-state index contributed by atoms with van der Waals surface area (Å²) in [6, 6.07) is 9.20. The van der Waals surface area contributed by atoms with Crippen molar-refractivity contribution in [2.24, 2.45) is 5.92 Å². The van der Waals surface area contributed by atoms with Crippen molar-refractivity contribution in [3.05, 3.63) is 29.8 Å². The quantitative estimate of drug-likeness (QED) is 0.808. The molecule has 0 bridgehead atoms. The van der Waals surface area contributed by atoms with E-state index in [1.165, 1.54) is 11.3 Å². The summed E-state index contributed by atoms with van der Waals surface area (Å²) in [7, 11) is 0. The van der Waals surface area contributed by atoms with Crippen LogP contribution >= 0.6 is 0 Å². The van der Waals surface area contributed by atoms with Crippen LogP contribution in [0.15, 0.2) is 24.3 Å². The van der Waals surface area contributed by atoms with Crippen molar-refractivity contribution in [1.29, 1.82) is 0 Å². The minimum atomic E-state index is 0.512. The molecule has 0 aromatic heterocycles. The molecule has 1 aliphatic rings. The van der Waals surface area contributed by atoms with Crippen molar-refractivity contribution in [3.8, 4) is 0 Å². The molecule has 0 radical (unpaired) electrons. The van der Waals surface area contributed by atoms with Gasteiger partial charge in [-0.25, -0.2) is 0 Å². The van der Waals surface area contributed by atoms with Gasteiger partial charge < -0.3 is 15.0 Å². The number of fused-ring (bicyclic) bond motifs is 1. The Morgan fingerprint density at radius 2 is 2.10 bits per heavy atom. The molecule has 0 saturated carbocycles. The Morgan fingerprint density at radius 1 is 1.30 bits per heavy atom. The third kappa shape index (κ3) is 4.50. The van der Waals surface area contributed by atoms with Crippen molar-refractivity contribution in [1.82, 2.24) is 5.32 Å². The van der Waals surface area contributed by atoms with Gasteiger partial charge in [-0.15, -0.1) is 0 Å². The van der Waals surface area contributed by atoms with Crippen LogP contribution in [0.3, 0.4) is 0 Å². The fourth-order valence-corrected chi connectivity index (χ4v) is 2.55. The minimum Gasteiger partial charge on any atom is -0.380 e. The Hall–Kier alpha value is -1.06. The highest BCUT2D eigenvalue weighted by molar-refractivity contribution is 5.54. The summed E-state index contributed by atoms with van der Waals surface area (Å²) in [5, 5.41) is 3.56. The van der Waals surface area contributed by atoms with E-state index in [0.29, 0.717) is 6.04 Å². The van der Waals surface area contributed by atoms with Gasteiger partial charge in [0.25, 0.3) is 0 Å². The molecule has 0 amide bonds. The second-order valence-electron chi connectivity index (χ2n) is 6.15. The summed E-state index contributed by atoms with van der Waals surface area (Å²) in [4.78, 5) is 2.45. The van der Waals surface area contributed by atoms with Crippen LogP contribution in [0.2, 0.25) is 0 Å². The van der Waals surface area contributed by atoms with Crippen molar-refractivity contribution < 1.29 is 4.74 Å². The largest absolute Gasteiger partial charge is 0.380 e. The van der Waals surface area contributed by atoms with Gasteiger partial charge in [-0.2, -0.15) is 0 Å². The molecule has 1 N–H and O–H groups in total. The number of anilines is 1. The lowest BCUT2D eigenvalue weighted by atomic mass is 10.1. The van der Waals surface area contributed by atoms with E-state index < -0.39 is 0 Å². The molecule has 1 heterocycles. The summed E-state index contributed by atoms with van der Waals surface area (Å²) in [6.07, 6.45) is 1.15. The number of nitrogens with zero attached hydrogens (tertiary/aromatic N) is 1. The monoisotopic (exact) mass is 276 g/mol. The van der Waals surface area contributed by atoms with Gasteiger partial charge in [0.1, 0.15) is 0 Å². The van der Waals surface area contributed by atoms with Crippen molar-refractivity contribution in [3.63, 3.8) is 0 Å². The molecule has 0 fully saturated rings. The first-order valence-electron chi connectivity index (χ1n) is 7.81. The number of benzene rings is 1. The highest BCUT2D eigenvalue weighted by atomic mass is 16.5. The van der Waals surface area contributed by atoms with Gasteiger partial charge in [0, 0.05) is 38.0 Å². The SMILES string of the molecule is CC(C)CCOCCN1CC(C)NCc2ccccc21. The Balaban J connectivity index is 1.89. The van der Waals surface area contributed by atoms with Gasteiger partial charge in [-0.05, 0) is 30.9 Å². The van der Waals surface area contributed by atoms with Crippen LogP contribution in [0, 0.1) is 5.92 Å². The number of hydrogen-bond donors (Lipinski definition) is 1. The maximum atomic E-state index is 5.78. The number of nitrogens with one attached hydrogen (secondary N) is 1. The predicted molar refractivity (Wildman–Crippen MR) is 85.2 cm³/mol. The molecule has 1 aliphatic heterocycles. The van der Waals surface area contributed by atoms with E-state index in [1.807, 2.05) is 0 Å². The maximum absolute atomic E-state index is 5.78.